The van der Waals surface area contributed by atoms with Crippen LogP contribution in [-0.2, 0) is 17.6 Å². The fourth-order valence-electron chi connectivity index (χ4n) is 3.37. The van der Waals surface area contributed by atoms with Crippen LogP contribution in [0.3, 0.4) is 0 Å². The van der Waals surface area contributed by atoms with Crippen molar-refractivity contribution in [3.63, 3.8) is 0 Å². The molecule has 0 unspecified atom stereocenters. The van der Waals surface area contributed by atoms with Gasteiger partial charge >= 0.3 is 5.97 Å². The average Bonchev–Trinajstić information content (AvgIpc) is 2.94. The van der Waals surface area contributed by atoms with Crippen molar-refractivity contribution >= 4 is 11.8 Å². The van der Waals surface area contributed by atoms with E-state index in [9.17, 15) is 4.79 Å². The highest BCUT2D eigenvalue weighted by atomic mass is 16.4. The van der Waals surface area contributed by atoms with Gasteiger partial charge in [-0.1, -0.05) is 0 Å². The van der Waals surface area contributed by atoms with Gasteiger partial charge in [0.15, 0.2) is 0 Å². The van der Waals surface area contributed by atoms with Gasteiger partial charge in [0.2, 0.25) is 0 Å². The Labute approximate surface area is 118 Å². The Hall–Kier alpha value is -1.65. The molecule has 0 amide bonds. The molecule has 3 rings (SSSR count). The van der Waals surface area contributed by atoms with Crippen molar-refractivity contribution in [3.05, 3.63) is 17.6 Å². The molecule has 5 heteroatoms. The Balaban J connectivity index is 1.54. The van der Waals surface area contributed by atoms with E-state index in [1.54, 1.807) is 6.33 Å². The predicted molar refractivity (Wildman–Crippen MR) is 75.6 cm³/mol. The zero-order valence-corrected chi connectivity index (χ0v) is 11.6. The molecule has 1 saturated carbocycles. The topological polar surface area (TPSA) is 75.1 Å². The van der Waals surface area contributed by atoms with Gasteiger partial charge in [-0.25, -0.2) is 9.97 Å². The van der Waals surface area contributed by atoms with Gasteiger partial charge in [-0.3, -0.25) is 4.79 Å². The monoisotopic (exact) mass is 275 g/mol. The van der Waals surface area contributed by atoms with E-state index in [0.717, 1.165) is 50.9 Å². The average molecular weight is 275 g/mol. The van der Waals surface area contributed by atoms with Crippen molar-refractivity contribution in [1.82, 2.24) is 9.97 Å². The van der Waals surface area contributed by atoms with Crippen molar-refractivity contribution in [1.29, 1.82) is 0 Å². The number of aliphatic carboxylic acids is 1. The second-order valence-corrected chi connectivity index (χ2v) is 5.94. The molecule has 0 aromatic carbocycles. The van der Waals surface area contributed by atoms with Crippen molar-refractivity contribution in [2.45, 2.75) is 44.9 Å². The van der Waals surface area contributed by atoms with Crippen LogP contribution in [0.5, 0.6) is 0 Å². The molecule has 108 valence electrons. The number of carboxylic acid groups (broad SMARTS) is 1. The molecule has 1 aromatic heterocycles. The molecule has 0 radical (unpaired) electrons. The molecule has 5 nitrogen and oxygen atoms in total. The Morgan fingerprint density at radius 3 is 2.80 bits per heavy atom. The normalized spacial score (nSPS) is 25.2. The number of nitrogens with one attached hydrogen (secondary N) is 1. The van der Waals surface area contributed by atoms with Crippen LogP contribution in [0.2, 0.25) is 0 Å². The van der Waals surface area contributed by atoms with Gasteiger partial charge in [0, 0.05) is 17.8 Å². The van der Waals surface area contributed by atoms with E-state index in [1.165, 1.54) is 17.7 Å². The fraction of sp³-hybridized carbons (Fsp3) is 0.667. The van der Waals surface area contributed by atoms with Crippen molar-refractivity contribution < 1.29 is 9.90 Å². The molecule has 2 aliphatic carbocycles. The number of nitrogens with zero attached hydrogens (tertiary/aromatic N) is 2. The minimum Gasteiger partial charge on any atom is -0.481 e. The Morgan fingerprint density at radius 2 is 2.05 bits per heavy atom. The summed E-state index contributed by atoms with van der Waals surface area (Å²) in [6, 6.07) is 0. The van der Waals surface area contributed by atoms with Crippen LogP contribution >= 0.6 is 0 Å². The van der Waals surface area contributed by atoms with Crippen LogP contribution in [-0.4, -0.2) is 27.6 Å². The minimum absolute atomic E-state index is 0.130. The summed E-state index contributed by atoms with van der Waals surface area (Å²) in [5.41, 5.74) is 2.48. The lowest BCUT2D eigenvalue weighted by Gasteiger charge is -2.26. The number of carbonyl (C=O) groups is 1. The summed E-state index contributed by atoms with van der Waals surface area (Å²) in [4.78, 5) is 19.6. The van der Waals surface area contributed by atoms with Crippen molar-refractivity contribution in [3.8, 4) is 0 Å². The van der Waals surface area contributed by atoms with Gasteiger partial charge in [0.1, 0.15) is 12.1 Å². The summed E-state index contributed by atoms with van der Waals surface area (Å²) < 4.78 is 0. The molecule has 0 spiro atoms. The second kappa shape index (κ2) is 5.77. The summed E-state index contributed by atoms with van der Waals surface area (Å²) in [7, 11) is 0. The fourth-order valence-corrected chi connectivity index (χ4v) is 3.37. The lowest BCUT2D eigenvalue weighted by molar-refractivity contribution is -0.143. The maximum atomic E-state index is 10.9. The van der Waals surface area contributed by atoms with E-state index < -0.39 is 5.97 Å². The SMILES string of the molecule is O=C(O)C1CCC(CNc2ncnc3c2CCC3)CC1. The van der Waals surface area contributed by atoms with Gasteiger partial charge in [0.25, 0.3) is 0 Å². The first-order valence-electron chi connectivity index (χ1n) is 7.53. The number of aryl methyl sites for hydroxylation is 1. The smallest absolute Gasteiger partial charge is 0.306 e. The number of aromatic nitrogens is 2. The molecule has 0 aliphatic heterocycles. The molecular formula is C15H21N3O2. The number of fused-ring (bicyclic) bond motifs is 1. The quantitative estimate of drug-likeness (QED) is 0.881. The Morgan fingerprint density at radius 1 is 1.25 bits per heavy atom. The molecule has 1 fully saturated rings. The molecule has 0 saturated heterocycles. The highest BCUT2D eigenvalue weighted by Gasteiger charge is 2.26. The van der Waals surface area contributed by atoms with E-state index in [-0.39, 0.29) is 5.92 Å². The van der Waals surface area contributed by atoms with Gasteiger partial charge in [-0.15, -0.1) is 0 Å². The first-order chi connectivity index (χ1) is 9.74. The third-order valence-corrected chi connectivity index (χ3v) is 4.63. The Kier molecular flexibility index (Phi) is 3.85. The number of anilines is 1. The molecule has 2 N–H and O–H groups in total. The zero-order chi connectivity index (χ0) is 13.9. The van der Waals surface area contributed by atoms with E-state index in [4.69, 9.17) is 5.11 Å². The third kappa shape index (κ3) is 2.76. The van der Waals surface area contributed by atoms with Crippen LogP contribution in [0, 0.1) is 11.8 Å². The summed E-state index contributed by atoms with van der Waals surface area (Å²) in [5.74, 6) is 0.796. The summed E-state index contributed by atoms with van der Waals surface area (Å²) in [6.45, 7) is 0.899. The molecule has 1 heterocycles. The number of rotatable bonds is 4. The first-order valence-corrected chi connectivity index (χ1v) is 7.53. The lowest BCUT2D eigenvalue weighted by atomic mass is 9.82. The molecular weight excluding hydrogens is 254 g/mol. The minimum atomic E-state index is -0.634. The van der Waals surface area contributed by atoms with Crippen LogP contribution in [0.25, 0.3) is 0 Å². The number of hydrogen-bond donors (Lipinski definition) is 2. The van der Waals surface area contributed by atoms with Crippen LogP contribution in [0.4, 0.5) is 5.82 Å². The largest absolute Gasteiger partial charge is 0.481 e. The van der Waals surface area contributed by atoms with Crippen LogP contribution < -0.4 is 5.32 Å². The van der Waals surface area contributed by atoms with E-state index in [0.29, 0.717) is 5.92 Å². The third-order valence-electron chi connectivity index (χ3n) is 4.63. The highest BCUT2D eigenvalue weighted by Crippen LogP contribution is 2.30. The predicted octanol–water partition coefficient (Wildman–Crippen LogP) is 2.27. The number of hydrogen-bond acceptors (Lipinski definition) is 4. The molecule has 0 bridgehead atoms. The van der Waals surface area contributed by atoms with Crippen LogP contribution in [0.15, 0.2) is 6.33 Å². The standard InChI is InChI=1S/C15H21N3O2/c19-15(20)11-6-4-10(5-7-11)8-16-14-12-2-1-3-13(12)17-9-18-14/h9-11H,1-8H2,(H,19,20)(H,16,17,18). The maximum absolute atomic E-state index is 10.9. The van der Waals surface area contributed by atoms with E-state index >= 15 is 0 Å². The van der Waals surface area contributed by atoms with E-state index in [1.807, 2.05) is 0 Å². The Bertz CT molecular complexity index is 496. The molecule has 2 aliphatic rings. The molecule has 20 heavy (non-hydrogen) atoms. The van der Waals surface area contributed by atoms with Gasteiger partial charge in [-0.05, 0) is 50.9 Å². The summed E-state index contributed by atoms with van der Waals surface area (Å²) in [5, 5.41) is 12.5. The lowest BCUT2D eigenvalue weighted by Crippen LogP contribution is -2.25. The first kappa shape index (κ1) is 13.3. The number of carboxylic acids is 1. The summed E-state index contributed by atoms with van der Waals surface area (Å²) in [6.07, 6.45) is 8.57. The molecule has 0 atom stereocenters. The highest BCUT2D eigenvalue weighted by molar-refractivity contribution is 5.70. The van der Waals surface area contributed by atoms with E-state index in [2.05, 4.69) is 15.3 Å². The second-order valence-electron chi connectivity index (χ2n) is 5.94. The van der Waals surface area contributed by atoms with Crippen molar-refractivity contribution in [2.75, 3.05) is 11.9 Å². The van der Waals surface area contributed by atoms with Gasteiger partial charge in [-0.2, -0.15) is 0 Å². The maximum Gasteiger partial charge on any atom is 0.306 e. The van der Waals surface area contributed by atoms with Crippen molar-refractivity contribution in [2.24, 2.45) is 11.8 Å². The van der Waals surface area contributed by atoms with Gasteiger partial charge < -0.3 is 10.4 Å². The zero-order valence-electron chi connectivity index (χ0n) is 11.6. The van der Waals surface area contributed by atoms with Crippen LogP contribution in [0.1, 0.15) is 43.4 Å². The summed E-state index contributed by atoms with van der Waals surface area (Å²) >= 11 is 0. The van der Waals surface area contributed by atoms with Gasteiger partial charge in [0.05, 0.1) is 5.92 Å². The molecule has 1 aromatic rings.